The molecule has 2 heterocycles. The van der Waals surface area contributed by atoms with Crippen LogP contribution in [0.4, 0.5) is 4.39 Å². The maximum absolute atomic E-state index is 13.9. The normalized spacial score (nSPS) is 16.5. The lowest BCUT2D eigenvalue weighted by Crippen LogP contribution is -2.41. The molecule has 8 heteroatoms. The average molecular weight is 421 g/mol. The van der Waals surface area contributed by atoms with Gasteiger partial charge in [0.2, 0.25) is 10.0 Å². The number of rotatable bonds is 4. The van der Waals surface area contributed by atoms with Crippen molar-refractivity contribution in [1.82, 2.24) is 9.29 Å². The van der Waals surface area contributed by atoms with Crippen LogP contribution in [0.5, 0.6) is 5.19 Å². The molecule has 0 saturated carbocycles. The lowest BCUT2D eigenvalue weighted by atomic mass is 10.1. The van der Waals surface area contributed by atoms with Gasteiger partial charge < -0.3 is 4.74 Å². The Balaban J connectivity index is 1.46. The van der Waals surface area contributed by atoms with Crippen LogP contribution in [0, 0.1) is 19.7 Å². The molecular weight excluding hydrogens is 399 g/mol. The Hall–Kier alpha value is -2.03. The van der Waals surface area contributed by atoms with Gasteiger partial charge in [-0.3, -0.25) is 0 Å². The van der Waals surface area contributed by atoms with E-state index in [2.05, 4.69) is 18.0 Å². The van der Waals surface area contributed by atoms with E-state index in [1.165, 1.54) is 45.5 Å². The van der Waals surface area contributed by atoms with Gasteiger partial charge in [0, 0.05) is 13.1 Å². The number of aromatic nitrogens is 1. The Kier molecular flexibility index (Phi) is 5.11. The molecule has 0 radical (unpaired) electrons. The van der Waals surface area contributed by atoms with E-state index in [0.717, 1.165) is 15.8 Å². The highest BCUT2D eigenvalue weighted by atomic mass is 32.2. The molecule has 1 aromatic heterocycles. The Bertz CT molecular complexity index is 1080. The lowest BCUT2D eigenvalue weighted by molar-refractivity contribution is 0.135. The number of piperidine rings is 1. The number of aryl methyl sites for hydroxylation is 2. The van der Waals surface area contributed by atoms with Gasteiger partial charge in [-0.1, -0.05) is 35.6 Å². The quantitative estimate of drug-likeness (QED) is 0.632. The van der Waals surface area contributed by atoms with Crippen molar-refractivity contribution in [3.8, 4) is 5.19 Å². The van der Waals surface area contributed by atoms with Crippen molar-refractivity contribution in [2.45, 2.75) is 37.7 Å². The zero-order valence-electron chi connectivity index (χ0n) is 15.7. The minimum atomic E-state index is -3.83. The van der Waals surface area contributed by atoms with Crippen LogP contribution < -0.4 is 4.74 Å². The Labute approximate surface area is 167 Å². The summed E-state index contributed by atoms with van der Waals surface area (Å²) in [6.45, 7) is 4.67. The first-order valence-corrected chi connectivity index (χ1v) is 11.4. The second kappa shape index (κ2) is 7.42. The van der Waals surface area contributed by atoms with Crippen molar-refractivity contribution in [2.75, 3.05) is 13.1 Å². The number of nitrogens with zero attached hydrogens (tertiary/aromatic N) is 2. The van der Waals surface area contributed by atoms with E-state index >= 15 is 0 Å². The standard InChI is InChI=1S/C20H21FN2O3S2/c1-13-7-8-14(2)19-18(13)22-20(27-19)26-15-9-11-23(12-10-15)28(24,25)17-6-4-3-5-16(17)21/h3-8,15H,9-12H2,1-2H3. The summed E-state index contributed by atoms with van der Waals surface area (Å²) < 4.78 is 47.8. The summed E-state index contributed by atoms with van der Waals surface area (Å²) >= 11 is 1.52. The van der Waals surface area contributed by atoms with Crippen molar-refractivity contribution < 1.29 is 17.5 Å². The maximum Gasteiger partial charge on any atom is 0.274 e. The fourth-order valence-electron chi connectivity index (χ4n) is 3.42. The first kappa shape index (κ1) is 19.3. The molecule has 148 valence electrons. The maximum atomic E-state index is 13.9. The molecule has 4 rings (SSSR count). The third-order valence-corrected chi connectivity index (χ3v) is 8.06. The molecule has 0 N–H and O–H groups in total. The van der Waals surface area contributed by atoms with Crippen LogP contribution in [0.15, 0.2) is 41.3 Å². The zero-order chi connectivity index (χ0) is 19.9. The van der Waals surface area contributed by atoms with E-state index in [1.54, 1.807) is 0 Å². The SMILES string of the molecule is Cc1ccc(C)c2sc(OC3CCN(S(=O)(=O)c4ccccc4F)CC3)nc12. The monoisotopic (exact) mass is 420 g/mol. The van der Waals surface area contributed by atoms with Gasteiger partial charge in [-0.05, 0) is 49.9 Å². The van der Waals surface area contributed by atoms with Crippen LogP contribution >= 0.6 is 11.3 Å². The number of fused-ring (bicyclic) bond motifs is 1. The number of sulfonamides is 1. The molecule has 0 atom stereocenters. The summed E-state index contributed by atoms with van der Waals surface area (Å²) in [4.78, 5) is 4.34. The van der Waals surface area contributed by atoms with Crippen molar-refractivity contribution in [1.29, 1.82) is 0 Å². The highest BCUT2D eigenvalue weighted by Gasteiger charge is 2.32. The fraction of sp³-hybridized carbons (Fsp3) is 0.350. The molecular formula is C20H21FN2O3S2. The topological polar surface area (TPSA) is 59.5 Å². The van der Waals surface area contributed by atoms with Gasteiger partial charge in [0.05, 0.1) is 10.2 Å². The first-order chi connectivity index (χ1) is 13.4. The van der Waals surface area contributed by atoms with E-state index < -0.39 is 15.8 Å². The summed E-state index contributed by atoms with van der Waals surface area (Å²) in [6, 6.07) is 9.61. The first-order valence-electron chi connectivity index (χ1n) is 9.14. The predicted octanol–water partition coefficient (Wildman–Crippen LogP) is 4.28. The molecule has 0 spiro atoms. The van der Waals surface area contributed by atoms with Gasteiger partial charge in [0.25, 0.3) is 5.19 Å². The highest BCUT2D eigenvalue weighted by molar-refractivity contribution is 7.89. The van der Waals surface area contributed by atoms with Crippen LogP contribution in [0.2, 0.25) is 0 Å². The second-order valence-electron chi connectivity index (χ2n) is 7.01. The number of hydrogen-bond acceptors (Lipinski definition) is 5. The summed E-state index contributed by atoms with van der Waals surface area (Å²) in [5, 5.41) is 0.614. The lowest BCUT2D eigenvalue weighted by Gasteiger charge is -2.30. The summed E-state index contributed by atoms with van der Waals surface area (Å²) in [5.74, 6) is -0.721. The predicted molar refractivity (Wildman–Crippen MR) is 108 cm³/mol. The van der Waals surface area contributed by atoms with Crippen molar-refractivity contribution >= 4 is 31.6 Å². The third kappa shape index (κ3) is 3.52. The smallest absolute Gasteiger partial charge is 0.274 e. The Morgan fingerprint density at radius 2 is 1.79 bits per heavy atom. The molecule has 1 fully saturated rings. The van der Waals surface area contributed by atoms with Gasteiger partial charge >= 0.3 is 0 Å². The van der Waals surface area contributed by atoms with Crippen molar-refractivity contribution in [3.05, 3.63) is 53.3 Å². The van der Waals surface area contributed by atoms with Crippen LogP contribution in [0.3, 0.4) is 0 Å². The van der Waals surface area contributed by atoms with Crippen LogP contribution in [-0.4, -0.2) is 36.9 Å². The van der Waals surface area contributed by atoms with E-state index in [-0.39, 0.29) is 11.0 Å². The number of ether oxygens (including phenoxy) is 1. The molecule has 0 bridgehead atoms. The highest BCUT2D eigenvalue weighted by Crippen LogP contribution is 2.34. The fourth-order valence-corrected chi connectivity index (χ4v) is 5.98. The average Bonchev–Trinajstić information content (AvgIpc) is 3.10. The van der Waals surface area contributed by atoms with Gasteiger partial charge in [-0.2, -0.15) is 4.31 Å². The van der Waals surface area contributed by atoms with E-state index in [4.69, 9.17) is 4.74 Å². The Morgan fingerprint density at radius 1 is 1.11 bits per heavy atom. The molecule has 0 aliphatic carbocycles. The van der Waals surface area contributed by atoms with Crippen LogP contribution in [0.1, 0.15) is 24.0 Å². The number of hydrogen-bond donors (Lipinski definition) is 0. The van der Waals surface area contributed by atoms with Crippen LogP contribution in [-0.2, 0) is 10.0 Å². The largest absolute Gasteiger partial charge is 0.467 e. The summed E-state index contributed by atoms with van der Waals surface area (Å²) in [5.41, 5.74) is 3.23. The molecule has 0 unspecified atom stereocenters. The van der Waals surface area contributed by atoms with Crippen molar-refractivity contribution in [3.63, 3.8) is 0 Å². The Morgan fingerprint density at radius 3 is 2.46 bits per heavy atom. The molecule has 1 saturated heterocycles. The van der Waals surface area contributed by atoms with Gasteiger partial charge in [-0.25, -0.2) is 17.8 Å². The van der Waals surface area contributed by atoms with Gasteiger partial charge in [-0.15, -0.1) is 0 Å². The molecule has 3 aromatic rings. The number of benzene rings is 2. The van der Waals surface area contributed by atoms with Crippen LogP contribution in [0.25, 0.3) is 10.2 Å². The molecule has 1 aliphatic heterocycles. The van der Waals surface area contributed by atoms with Gasteiger partial charge in [0.1, 0.15) is 16.8 Å². The molecule has 2 aromatic carbocycles. The second-order valence-corrected chi connectivity index (χ2v) is 9.88. The molecule has 1 aliphatic rings. The van der Waals surface area contributed by atoms with Gasteiger partial charge in [0.15, 0.2) is 0 Å². The molecule has 5 nitrogen and oxygen atoms in total. The third-order valence-electron chi connectivity index (χ3n) is 5.05. The molecule has 0 amide bonds. The number of thiazole rings is 1. The number of halogens is 1. The summed E-state index contributed by atoms with van der Waals surface area (Å²) in [7, 11) is -3.83. The minimum Gasteiger partial charge on any atom is -0.467 e. The van der Waals surface area contributed by atoms with E-state index in [0.29, 0.717) is 31.1 Å². The van der Waals surface area contributed by atoms with E-state index in [1.807, 2.05) is 13.0 Å². The minimum absolute atomic E-state index is 0.103. The van der Waals surface area contributed by atoms with Crippen molar-refractivity contribution in [2.24, 2.45) is 0 Å². The van der Waals surface area contributed by atoms with E-state index in [9.17, 15) is 12.8 Å². The zero-order valence-corrected chi connectivity index (χ0v) is 17.3. The summed E-state index contributed by atoms with van der Waals surface area (Å²) in [6.07, 6.45) is 0.983. The molecule has 28 heavy (non-hydrogen) atoms.